The van der Waals surface area contributed by atoms with Gasteiger partial charge >= 0.3 is 5.97 Å². The third-order valence-corrected chi connectivity index (χ3v) is 5.32. The molecule has 2 N–H and O–H groups in total. The van der Waals surface area contributed by atoms with Crippen LogP contribution in [-0.4, -0.2) is 15.5 Å². The van der Waals surface area contributed by atoms with Gasteiger partial charge in [0.15, 0.2) is 0 Å². The Hall–Kier alpha value is -1.85. The minimum atomic E-state index is -0.357. The number of rotatable bonds is 6. The summed E-state index contributed by atoms with van der Waals surface area (Å²) < 4.78 is 2.35. The van der Waals surface area contributed by atoms with Crippen molar-refractivity contribution < 1.29 is 9.63 Å². The van der Waals surface area contributed by atoms with Gasteiger partial charge in [0.05, 0.1) is 5.69 Å². The number of nitrogens with zero attached hydrogens (tertiary/aromatic N) is 2. The topological polar surface area (TPSA) is 70.1 Å². The summed E-state index contributed by atoms with van der Waals surface area (Å²) in [6.07, 6.45) is 4.25. The van der Waals surface area contributed by atoms with Crippen LogP contribution in [0.25, 0.3) is 0 Å². The number of carbonyl (C=O) groups excluding carboxylic acids is 1. The van der Waals surface area contributed by atoms with Crippen LogP contribution in [-0.2, 0) is 22.6 Å². The Balaban J connectivity index is 1.94. The maximum Gasteiger partial charge on any atom is 0.324 e. The van der Waals surface area contributed by atoms with Crippen LogP contribution in [0.4, 0.5) is 0 Å². The largest absolute Gasteiger partial charge is 0.373 e. The first-order chi connectivity index (χ1) is 12.5. The molecule has 0 aliphatic heterocycles. The van der Waals surface area contributed by atoms with Crippen molar-refractivity contribution in [2.75, 3.05) is 0 Å². The van der Waals surface area contributed by atoms with E-state index in [0.717, 1.165) is 43.1 Å². The van der Waals surface area contributed by atoms with Gasteiger partial charge in [-0.25, -0.2) is 4.98 Å². The number of aryl methyl sites for hydroxylation is 1. The van der Waals surface area contributed by atoms with Crippen molar-refractivity contribution in [1.82, 2.24) is 9.55 Å². The Morgan fingerprint density at radius 1 is 1.38 bits per heavy atom. The minimum absolute atomic E-state index is 0.310. The summed E-state index contributed by atoms with van der Waals surface area (Å²) in [5.74, 6) is 6.39. The van der Waals surface area contributed by atoms with Crippen molar-refractivity contribution in [2.24, 2.45) is 5.90 Å². The minimum Gasteiger partial charge on any atom is -0.373 e. The lowest BCUT2D eigenvalue weighted by Crippen LogP contribution is -2.18. The standard InChI is InChI=1S/C20H26ClN3O2/c1-13(2)20-23-17-5-3-4-15(8-11-18(25)26-22)19(17)24(20)12-14-6-9-16(21)10-7-14/h6-7,9-10,13,15H,3-5,8,11-12,22H2,1-2H3. The fourth-order valence-corrected chi connectivity index (χ4v) is 3.97. The summed E-state index contributed by atoms with van der Waals surface area (Å²) in [6.45, 7) is 5.12. The number of hydrogen-bond acceptors (Lipinski definition) is 4. The zero-order valence-corrected chi connectivity index (χ0v) is 16.1. The smallest absolute Gasteiger partial charge is 0.324 e. The highest BCUT2D eigenvalue weighted by atomic mass is 35.5. The van der Waals surface area contributed by atoms with Crippen molar-refractivity contribution in [3.8, 4) is 0 Å². The lowest BCUT2D eigenvalue weighted by Gasteiger charge is -2.25. The lowest BCUT2D eigenvalue weighted by molar-refractivity contribution is -0.144. The van der Waals surface area contributed by atoms with Crippen LogP contribution in [0.15, 0.2) is 24.3 Å². The van der Waals surface area contributed by atoms with Gasteiger partial charge in [0, 0.05) is 35.5 Å². The second-order valence-corrected chi connectivity index (χ2v) is 7.72. The highest BCUT2D eigenvalue weighted by molar-refractivity contribution is 6.30. The average Bonchev–Trinajstić information content (AvgIpc) is 3.01. The number of hydrogen-bond donors (Lipinski definition) is 1. The van der Waals surface area contributed by atoms with E-state index in [9.17, 15) is 4.79 Å². The fraction of sp³-hybridized carbons (Fsp3) is 0.500. The van der Waals surface area contributed by atoms with E-state index in [2.05, 4.69) is 35.4 Å². The highest BCUT2D eigenvalue weighted by Gasteiger charge is 2.29. The second-order valence-electron chi connectivity index (χ2n) is 7.29. The summed E-state index contributed by atoms with van der Waals surface area (Å²) in [5, 5.41) is 0.740. The predicted octanol–water partition coefficient (Wildman–Crippen LogP) is 4.33. The number of nitrogens with two attached hydrogens (primary N) is 1. The van der Waals surface area contributed by atoms with E-state index in [-0.39, 0.29) is 5.97 Å². The van der Waals surface area contributed by atoms with Gasteiger partial charge in [-0.05, 0) is 43.4 Å². The van der Waals surface area contributed by atoms with Crippen molar-refractivity contribution in [3.63, 3.8) is 0 Å². The van der Waals surface area contributed by atoms with Gasteiger partial charge in [-0.15, -0.1) is 0 Å². The Morgan fingerprint density at radius 3 is 2.77 bits per heavy atom. The van der Waals surface area contributed by atoms with E-state index in [4.69, 9.17) is 22.5 Å². The van der Waals surface area contributed by atoms with Gasteiger partial charge in [0.2, 0.25) is 0 Å². The van der Waals surface area contributed by atoms with E-state index in [0.29, 0.717) is 18.3 Å². The number of carbonyl (C=O) groups is 1. The van der Waals surface area contributed by atoms with E-state index in [1.165, 1.54) is 17.0 Å². The first kappa shape index (κ1) is 18.9. The molecule has 140 valence electrons. The van der Waals surface area contributed by atoms with E-state index in [1.807, 2.05) is 12.1 Å². The molecule has 1 atom stereocenters. The van der Waals surface area contributed by atoms with Gasteiger partial charge in [-0.2, -0.15) is 5.90 Å². The molecule has 0 bridgehead atoms. The van der Waals surface area contributed by atoms with Crippen LogP contribution in [0.1, 0.15) is 74.1 Å². The molecule has 0 radical (unpaired) electrons. The van der Waals surface area contributed by atoms with Gasteiger partial charge < -0.3 is 9.40 Å². The molecule has 0 fully saturated rings. The monoisotopic (exact) mass is 375 g/mol. The van der Waals surface area contributed by atoms with Crippen molar-refractivity contribution >= 4 is 17.6 Å². The van der Waals surface area contributed by atoms with Crippen molar-refractivity contribution in [1.29, 1.82) is 0 Å². The van der Waals surface area contributed by atoms with E-state index >= 15 is 0 Å². The van der Waals surface area contributed by atoms with Crippen LogP contribution in [0.5, 0.6) is 0 Å². The van der Waals surface area contributed by atoms with Crippen LogP contribution in [0.2, 0.25) is 5.02 Å². The molecule has 1 aliphatic carbocycles. The summed E-state index contributed by atoms with van der Waals surface area (Å²) in [4.78, 5) is 20.8. The third-order valence-electron chi connectivity index (χ3n) is 5.06. The van der Waals surface area contributed by atoms with Gasteiger partial charge in [-0.1, -0.05) is 37.6 Å². The Labute approximate surface area is 159 Å². The maximum atomic E-state index is 11.5. The van der Waals surface area contributed by atoms with E-state index < -0.39 is 0 Å². The van der Waals surface area contributed by atoms with Crippen molar-refractivity contribution in [2.45, 2.75) is 64.3 Å². The van der Waals surface area contributed by atoms with Crippen LogP contribution >= 0.6 is 11.6 Å². The Kier molecular flexibility index (Phi) is 5.99. The zero-order chi connectivity index (χ0) is 18.7. The molecule has 0 amide bonds. The fourth-order valence-electron chi connectivity index (χ4n) is 3.84. The molecule has 3 rings (SSSR count). The molecular weight excluding hydrogens is 350 g/mol. The third kappa shape index (κ3) is 4.10. The highest BCUT2D eigenvalue weighted by Crippen LogP contribution is 2.37. The molecule has 0 spiro atoms. The number of benzene rings is 1. The van der Waals surface area contributed by atoms with Crippen LogP contribution in [0, 0.1) is 0 Å². The number of imidazole rings is 1. The molecule has 5 nitrogen and oxygen atoms in total. The molecular formula is C20H26ClN3O2. The summed E-state index contributed by atoms with van der Waals surface area (Å²) in [6, 6.07) is 7.96. The van der Waals surface area contributed by atoms with Gasteiger partial charge in [-0.3, -0.25) is 4.79 Å². The second kappa shape index (κ2) is 8.23. The van der Waals surface area contributed by atoms with Gasteiger partial charge in [0.25, 0.3) is 0 Å². The summed E-state index contributed by atoms with van der Waals surface area (Å²) in [5.41, 5.74) is 3.65. The lowest BCUT2D eigenvalue weighted by atomic mass is 9.86. The number of halogens is 1. The van der Waals surface area contributed by atoms with E-state index in [1.54, 1.807) is 0 Å². The quantitative estimate of drug-likeness (QED) is 0.763. The summed E-state index contributed by atoms with van der Waals surface area (Å²) in [7, 11) is 0. The van der Waals surface area contributed by atoms with Crippen LogP contribution < -0.4 is 5.90 Å². The first-order valence-electron chi connectivity index (χ1n) is 9.22. The SMILES string of the molecule is CC(C)c1nc2c(n1Cc1ccc(Cl)cc1)C(CCC(=O)ON)CCC2. The number of fused-ring (bicyclic) bond motifs is 1. The maximum absolute atomic E-state index is 11.5. The Bertz CT molecular complexity index is 768. The normalized spacial score (nSPS) is 16.6. The molecule has 1 aromatic carbocycles. The molecule has 6 heteroatoms. The Morgan fingerprint density at radius 2 is 2.12 bits per heavy atom. The molecule has 0 saturated carbocycles. The molecule has 1 heterocycles. The molecule has 2 aromatic rings. The average molecular weight is 376 g/mol. The predicted molar refractivity (Wildman–Crippen MR) is 102 cm³/mol. The number of aromatic nitrogens is 2. The first-order valence-corrected chi connectivity index (χ1v) is 9.60. The molecule has 1 unspecified atom stereocenters. The van der Waals surface area contributed by atoms with Gasteiger partial charge in [0.1, 0.15) is 5.82 Å². The van der Waals surface area contributed by atoms with Crippen molar-refractivity contribution in [3.05, 3.63) is 52.1 Å². The van der Waals surface area contributed by atoms with Crippen LogP contribution in [0.3, 0.4) is 0 Å². The molecule has 0 saturated heterocycles. The molecule has 1 aliphatic rings. The zero-order valence-electron chi connectivity index (χ0n) is 15.4. The molecule has 1 aromatic heterocycles. The summed E-state index contributed by atoms with van der Waals surface area (Å²) >= 11 is 6.03. The molecule has 26 heavy (non-hydrogen) atoms.